The number of aryl methyl sites for hydroxylation is 1. The van der Waals surface area contributed by atoms with E-state index in [1.54, 1.807) is 0 Å². The number of unbranched alkanes of at least 4 members (excludes halogenated alkanes) is 1. The van der Waals surface area contributed by atoms with Crippen molar-refractivity contribution in [3.05, 3.63) is 22.3 Å². The van der Waals surface area contributed by atoms with Crippen LogP contribution in [0.3, 0.4) is 0 Å². The second kappa shape index (κ2) is 5.98. The van der Waals surface area contributed by atoms with Crippen molar-refractivity contribution in [2.45, 2.75) is 19.8 Å². The molecule has 0 spiro atoms. The third kappa shape index (κ3) is 3.64. The van der Waals surface area contributed by atoms with E-state index >= 15 is 0 Å². The number of halogens is 1. The van der Waals surface area contributed by atoms with E-state index < -0.39 is 0 Å². The molecule has 0 aliphatic carbocycles. The predicted octanol–water partition coefficient (Wildman–Crippen LogP) is 2.30. The maximum absolute atomic E-state index is 5.41. The zero-order chi connectivity index (χ0) is 10.4. The summed E-state index contributed by atoms with van der Waals surface area (Å²) in [5.41, 5.74) is 6.56. The lowest BCUT2D eigenvalue weighted by molar-refractivity contribution is 0.772. The minimum atomic E-state index is 0.754. The molecule has 0 radical (unpaired) electrons. The number of hydrogen-bond acceptors (Lipinski definition) is 3. The standard InChI is InChI=1S/C10H16BrN3/c1-8-6-9(11)10(14-7-8)13-5-3-2-4-12/h6-7H,2-5,12H2,1H3,(H,13,14). The van der Waals surface area contributed by atoms with Crippen LogP contribution in [-0.4, -0.2) is 18.1 Å². The van der Waals surface area contributed by atoms with Crippen LogP contribution in [0.1, 0.15) is 18.4 Å². The van der Waals surface area contributed by atoms with Crippen molar-refractivity contribution in [3.63, 3.8) is 0 Å². The Labute approximate surface area is 93.2 Å². The van der Waals surface area contributed by atoms with Gasteiger partial charge in [-0.3, -0.25) is 0 Å². The Morgan fingerprint density at radius 1 is 1.50 bits per heavy atom. The Kier molecular flexibility index (Phi) is 4.90. The van der Waals surface area contributed by atoms with E-state index in [0.29, 0.717) is 0 Å². The normalized spacial score (nSPS) is 10.2. The number of nitrogens with two attached hydrogens (primary N) is 1. The molecule has 1 rings (SSSR count). The van der Waals surface area contributed by atoms with Gasteiger partial charge in [-0.1, -0.05) is 0 Å². The van der Waals surface area contributed by atoms with E-state index in [1.165, 1.54) is 0 Å². The van der Waals surface area contributed by atoms with Crippen LogP contribution in [0, 0.1) is 6.92 Å². The molecule has 0 saturated heterocycles. The molecule has 1 aromatic heterocycles. The molecule has 0 saturated carbocycles. The van der Waals surface area contributed by atoms with Crippen molar-refractivity contribution >= 4 is 21.7 Å². The summed E-state index contributed by atoms with van der Waals surface area (Å²) in [6, 6.07) is 2.05. The second-order valence-corrected chi connectivity index (χ2v) is 4.12. The lowest BCUT2D eigenvalue weighted by atomic mass is 10.3. The van der Waals surface area contributed by atoms with Gasteiger partial charge in [0.1, 0.15) is 5.82 Å². The van der Waals surface area contributed by atoms with Crippen LogP contribution < -0.4 is 11.1 Å². The first-order valence-electron chi connectivity index (χ1n) is 4.80. The highest BCUT2D eigenvalue weighted by molar-refractivity contribution is 9.10. The van der Waals surface area contributed by atoms with Crippen molar-refractivity contribution in [1.29, 1.82) is 0 Å². The van der Waals surface area contributed by atoms with E-state index in [4.69, 9.17) is 5.73 Å². The van der Waals surface area contributed by atoms with Crippen molar-refractivity contribution in [1.82, 2.24) is 4.98 Å². The van der Waals surface area contributed by atoms with Gasteiger partial charge in [0, 0.05) is 12.7 Å². The highest BCUT2D eigenvalue weighted by Gasteiger charge is 1.99. The number of anilines is 1. The molecule has 78 valence electrons. The van der Waals surface area contributed by atoms with Gasteiger partial charge in [-0.2, -0.15) is 0 Å². The molecular formula is C10H16BrN3. The van der Waals surface area contributed by atoms with Crippen LogP contribution >= 0.6 is 15.9 Å². The van der Waals surface area contributed by atoms with Gasteiger partial charge >= 0.3 is 0 Å². The molecule has 0 aliphatic rings. The van der Waals surface area contributed by atoms with E-state index in [0.717, 1.165) is 41.8 Å². The SMILES string of the molecule is Cc1cnc(NCCCCN)c(Br)c1. The van der Waals surface area contributed by atoms with E-state index in [-0.39, 0.29) is 0 Å². The van der Waals surface area contributed by atoms with Gasteiger partial charge in [0.2, 0.25) is 0 Å². The van der Waals surface area contributed by atoms with Crippen LogP contribution in [0.15, 0.2) is 16.7 Å². The third-order valence-electron chi connectivity index (χ3n) is 1.90. The van der Waals surface area contributed by atoms with Crippen molar-refractivity contribution < 1.29 is 0 Å². The number of rotatable bonds is 5. The van der Waals surface area contributed by atoms with Gasteiger partial charge in [-0.05, 0) is 53.9 Å². The lowest BCUT2D eigenvalue weighted by Gasteiger charge is -2.07. The first-order chi connectivity index (χ1) is 6.74. The number of pyridine rings is 1. The van der Waals surface area contributed by atoms with Crippen molar-refractivity contribution in [2.75, 3.05) is 18.4 Å². The van der Waals surface area contributed by atoms with Gasteiger partial charge in [0.15, 0.2) is 0 Å². The van der Waals surface area contributed by atoms with Gasteiger partial charge < -0.3 is 11.1 Å². The topological polar surface area (TPSA) is 50.9 Å². The summed E-state index contributed by atoms with van der Waals surface area (Å²) >= 11 is 3.47. The molecule has 1 heterocycles. The molecule has 0 fully saturated rings. The van der Waals surface area contributed by atoms with Crippen molar-refractivity contribution in [2.24, 2.45) is 5.73 Å². The van der Waals surface area contributed by atoms with Crippen LogP contribution in [0.2, 0.25) is 0 Å². The predicted molar refractivity (Wildman–Crippen MR) is 63.5 cm³/mol. The molecular weight excluding hydrogens is 242 g/mol. The molecule has 1 aromatic rings. The molecule has 0 unspecified atom stereocenters. The second-order valence-electron chi connectivity index (χ2n) is 3.27. The molecule has 0 amide bonds. The minimum Gasteiger partial charge on any atom is -0.369 e. The smallest absolute Gasteiger partial charge is 0.140 e. The Morgan fingerprint density at radius 3 is 2.93 bits per heavy atom. The summed E-state index contributed by atoms with van der Waals surface area (Å²) in [6.45, 7) is 3.70. The summed E-state index contributed by atoms with van der Waals surface area (Å²) < 4.78 is 1.02. The Hall–Kier alpha value is -0.610. The fourth-order valence-corrected chi connectivity index (χ4v) is 1.74. The quantitative estimate of drug-likeness (QED) is 0.797. The zero-order valence-corrected chi connectivity index (χ0v) is 9.97. The number of nitrogens with one attached hydrogen (secondary N) is 1. The van der Waals surface area contributed by atoms with Gasteiger partial charge in [-0.25, -0.2) is 4.98 Å². The first-order valence-corrected chi connectivity index (χ1v) is 5.59. The lowest BCUT2D eigenvalue weighted by Crippen LogP contribution is -2.07. The maximum Gasteiger partial charge on any atom is 0.140 e. The number of nitrogens with zero attached hydrogens (tertiary/aromatic N) is 1. The summed E-state index contributed by atoms with van der Waals surface area (Å²) in [4.78, 5) is 4.29. The van der Waals surface area contributed by atoms with Gasteiger partial charge in [0.25, 0.3) is 0 Å². The monoisotopic (exact) mass is 257 g/mol. The molecule has 0 bridgehead atoms. The third-order valence-corrected chi connectivity index (χ3v) is 2.51. The van der Waals surface area contributed by atoms with E-state index in [9.17, 15) is 0 Å². The molecule has 14 heavy (non-hydrogen) atoms. The summed E-state index contributed by atoms with van der Waals surface area (Å²) in [6.07, 6.45) is 3.99. The molecule has 0 atom stereocenters. The number of aromatic nitrogens is 1. The highest BCUT2D eigenvalue weighted by Crippen LogP contribution is 2.20. The van der Waals surface area contributed by atoms with Crippen LogP contribution in [-0.2, 0) is 0 Å². The van der Waals surface area contributed by atoms with Gasteiger partial charge in [0.05, 0.1) is 4.47 Å². The summed E-state index contributed by atoms with van der Waals surface area (Å²) in [5.74, 6) is 0.910. The Bertz CT molecular complexity index is 289. The zero-order valence-electron chi connectivity index (χ0n) is 8.39. The maximum atomic E-state index is 5.41. The van der Waals surface area contributed by atoms with Crippen LogP contribution in [0.25, 0.3) is 0 Å². The van der Waals surface area contributed by atoms with Crippen molar-refractivity contribution in [3.8, 4) is 0 Å². The molecule has 3 nitrogen and oxygen atoms in total. The average molecular weight is 258 g/mol. The van der Waals surface area contributed by atoms with Gasteiger partial charge in [-0.15, -0.1) is 0 Å². The van der Waals surface area contributed by atoms with Crippen LogP contribution in [0.4, 0.5) is 5.82 Å². The summed E-state index contributed by atoms with van der Waals surface area (Å²) in [7, 11) is 0. The molecule has 0 aromatic carbocycles. The fraction of sp³-hybridized carbons (Fsp3) is 0.500. The Balaban J connectivity index is 2.42. The molecule has 0 aliphatic heterocycles. The fourth-order valence-electron chi connectivity index (χ4n) is 1.14. The Morgan fingerprint density at radius 2 is 2.29 bits per heavy atom. The van der Waals surface area contributed by atoms with Crippen LogP contribution in [0.5, 0.6) is 0 Å². The number of hydrogen-bond donors (Lipinski definition) is 2. The minimum absolute atomic E-state index is 0.754. The largest absolute Gasteiger partial charge is 0.369 e. The summed E-state index contributed by atoms with van der Waals surface area (Å²) in [5, 5.41) is 3.26. The molecule has 4 heteroatoms. The highest BCUT2D eigenvalue weighted by atomic mass is 79.9. The van der Waals surface area contributed by atoms with E-state index in [1.807, 2.05) is 13.1 Å². The first kappa shape index (κ1) is 11.5. The molecule has 3 N–H and O–H groups in total. The van der Waals surface area contributed by atoms with E-state index in [2.05, 4.69) is 32.3 Å². The average Bonchev–Trinajstić information content (AvgIpc) is 2.15.